The van der Waals surface area contributed by atoms with Gasteiger partial charge >= 0.3 is 0 Å². The molecule has 2 N–H and O–H groups in total. The van der Waals surface area contributed by atoms with Gasteiger partial charge in [-0.25, -0.2) is 0 Å². The summed E-state index contributed by atoms with van der Waals surface area (Å²) in [5.74, 6) is 0. The van der Waals surface area contributed by atoms with Crippen molar-refractivity contribution in [2.45, 2.75) is 19.3 Å². The third kappa shape index (κ3) is 7.50. The predicted octanol–water partition coefficient (Wildman–Crippen LogP) is 1.19. The maximum Gasteiger partial charge on any atom is -0.00247 e. The minimum atomic E-state index is 1.12. The van der Waals surface area contributed by atoms with Crippen LogP contribution in [0.4, 0.5) is 0 Å². The molecule has 0 saturated heterocycles. The molecule has 10 heavy (non-hydrogen) atoms. The van der Waals surface area contributed by atoms with E-state index in [1.165, 1.54) is 19.4 Å². The molecule has 0 aromatic carbocycles. The number of nitrogens with zero attached hydrogens (tertiary/aromatic N) is 1. The molecule has 0 spiro atoms. The normalized spacial score (nSPS) is 11.5. The lowest BCUT2D eigenvalue weighted by atomic mass is 10.2. The van der Waals surface area contributed by atoms with E-state index in [2.05, 4.69) is 19.0 Å². The summed E-state index contributed by atoms with van der Waals surface area (Å²) in [6.45, 7) is 1.18. The molecule has 0 fully saturated rings. The predicted molar refractivity (Wildman–Crippen MR) is 45.7 cm³/mol. The zero-order valence-electron chi connectivity index (χ0n) is 7.01. The Bertz CT molecular complexity index is 87.3. The Morgan fingerprint density at radius 3 is 2.50 bits per heavy atom. The average Bonchev–Trinajstić information content (AvgIpc) is 1.87. The van der Waals surface area contributed by atoms with Crippen LogP contribution in [0, 0.1) is 0 Å². The van der Waals surface area contributed by atoms with Gasteiger partial charge in [-0.2, -0.15) is 0 Å². The maximum atomic E-state index is 5.18. The Labute approximate surface area is 63.7 Å². The number of rotatable bonds is 5. The third-order valence-electron chi connectivity index (χ3n) is 1.36. The van der Waals surface area contributed by atoms with Crippen LogP contribution in [-0.2, 0) is 0 Å². The first-order valence-corrected chi connectivity index (χ1v) is 3.79. The summed E-state index contributed by atoms with van der Waals surface area (Å²) in [5, 5.41) is 0. The highest BCUT2D eigenvalue weighted by Gasteiger charge is 1.87. The van der Waals surface area contributed by atoms with Crippen molar-refractivity contribution in [3.63, 3.8) is 0 Å². The van der Waals surface area contributed by atoms with Crippen molar-refractivity contribution < 1.29 is 0 Å². The van der Waals surface area contributed by atoms with Crippen molar-refractivity contribution in [2.75, 3.05) is 20.6 Å². The van der Waals surface area contributed by atoms with Crippen molar-refractivity contribution in [3.05, 3.63) is 12.3 Å². The highest BCUT2D eigenvalue weighted by atomic mass is 15.0. The van der Waals surface area contributed by atoms with E-state index in [4.69, 9.17) is 5.73 Å². The van der Waals surface area contributed by atoms with Crippen molar-refractivity contribution in [2.24, 2.45) is 5.73 Å². The van der Waals surface area contributed by atoms with Crippen LogP contribution in [0.3, 0.4) is 0 Å². The van der Waals surface area contributed by atoms with Gasteiger partial charge in [0.2, 0.25) is 0 Å². The fraction of sp³-hybridized carbons (Fsp3) is 0.750. The average molecular weight is 142 g/mol. The molecular formula is C8H18N2. The first kappa shape index (κ1) is 9.50. The second-order valence-electron chi connectivity index (χ2n) is 2.73. The van der Waals surface area contributed by atoms with E-state index in [9.17, 15) is 0 Å². The molecule has 0 saturated carbocycles. The van der Waals surface area contributed by atoms with Crippen molar-refractivity contribution in [1.82, 2.24) is 4.90 Å². The van der Waals surface area contributed by atoms with E-state index in [1.54, 1.807) is 6.20 Å². The van der Waals surface area contributed by atoms with Crippen LogP contribution >= 0.6 is 0 Å². The lowest BCUT2D eigenvalue weighted by Gasteiger charge is -2.07. The molecule has 0 aromatic heterocycles. The van der Waals surface area contributed by atoms with Gasteiger partial charge in [-0.3, -0.25) is 0 Å². The molecule has 0 aliphatic heterocycles. The lowest BCUT2D eigenvalue weighted by Crippen LogP contribution is -2.12. The molecule has 0 aliphatic rings. The van der Waals surface area contributed by atoms with Crippen LogP contribution in [0.15, 0.2) is 12.3 Å². The molecule has 0 aromatic rings. The molecule has 60 valence electrons. The Balaban J connectivity index is 2.91. The van der Waals surface area contributed by atoms with Crippen LogP contribution in [0.1, 0.15) is 19.3 Å². The topological polar surface area (TPSA) is 29.3 Å². The van der Waals surface area contributed by atoms with E-state index >= 15 is 0 Å². The number of nitrogens with two attached hydrogens (primary N) is 1. The molecule has 0 aliphatic carbocycles. The Kier molecular flexibility index (Phi) is 6.29. The smallest absolute Gasteiger partial charge is 0.00247 e. The van der Waals surface area contributed by atoms with Gasteiger partial charge in [0.1, 0.15) is 0 Å². The summed E-state index contributed by atoms with van der Waals surface area (Å²) >= 11 is 0. The molecule has 0 amide bonds. The number of hydrogen-bond acceptors (Lipinski definition) is 2. The second-order valence-corrected chi connectivity index (χ2v) is 2.73. The molecule has 2 nitrogen and oxygen atoms in total. The lowest BCUT2D eigenvalue weighted by molar-refractivity contribution is 0.395. The first-order chi connectivity index (χ1) is 4.77. The largest absolute Gasteiger partial charge is 0.405 e. The first-order valence-electron chi connectivity index (χ1n) is 3.79. The monoisotopic (exact) mass is 142 g/mol. The van der Waals surface area contributed by atoms with Crippen LogP contribution in [0.5, 0.6) is 0 Å². The van der Waals surface area contributed by atoms with Gasteiger partial charge < -0.3 is 10.6 Å². The van der Waals surface area contributed by atoms with Gasteiger partial charge in [-0.05, 0) is 46.1 Å². The summed E-state index contributed by atoms with van der Waals surface area (Å²) in [6, 6.07) is 0. The van der Waals surface area contributed by atoms with Gasteiger partial charge in [0.25, 0.3) is 0 Å². The number of unbranched alkanes of at least 4 members (excludes halogenated alkanes) is 2. The molecule has 2 heteroatoms. The minimum Gasteiger partial charge on any atom is -0.405 e. The van der Waals surface area contributed by atoms with Crippen LogP contribution in [0.25, 0.3) is 0 Å². The Morgan fingerprint density at radius 2 is 2.00 bits per heavy atom. The SMILES string of the molecule is CN(C)CCCCC=CN. The quantitative estimate of drug-likeness (QED) is 0.584. The zero-order valence-corrected chi connectivity index (χ0v) is 7.01. The van der Waals surface area contributed by atoms with E-state index in [1.807, 2.05) is 6.08 Å². The van der Waals surface area contributed by atoms with Crippen LogP contribution in [0.2, 0.25) is 0 Å². The number of allylic oxidation sites excluding steroid dienone is 1. The van der Waals surface area contributed by atoms with Gasteiger partial charge in [-0.15, -0.1) is 0 Å². The van der Waals surface area contributed by atoms with E-state index in [0.717, 1.165) is 6.42 Å². The van der Waals surface area contributed by atoms with Crippen molar-refractivity contribution in [1.29, 1.82) is 0 Å². The summed E-state index contributed by atoms with van der Waals surface area (Å²) in [4.78, 5) is 2.20. The van der Waals surface area contributed by atoms with E-state index in [0.29, 0.717) is 0 Å². The number of hydrogen-bond donors (Lipinski definition) is 1. The van der Waals surface area contributed by atoms with E-state index in [-0.39, 0.29) is 0 Å². The zero-order chi connectivity index (χ0) is 7.82. The highest BCUT2D eigenvalue weighted by molar-refractivity contribution is 4.74. The Morgan fingerprint density at radius 1 is 1.30 bits per heavy atom. The minimum absolute atomic E-state index is 1.12. The van der Waals surface area contributed by atoms with E-state index < -0.39 is 0 Å². The molecule has 0 heterocycles. The van der Waals surface area contributed by atoms with Gasteiger partial charge in [0.05, 0.1) is 0 Å². The van der Waals surface area contributed by atoms with Gasteiger partial charge in [0.15, 0.2) is 0 Å². The van der Waals surface area contributed by atoms with Gasteiger partial charge in [0, 0.05) is 0 Å². The maximum absolute atomic E-state index is 5.18. The summed E-state index contributed by atoms with van der Waals surface area (Å²) < 4.78 is 0. The molecule has 0 bridgehead atoms. The standard InChI is InChI=1S/C8H18N2/c1-10(2)8-6-4-3-5-7-9/h5,7H,3-4,6,8-9H2,1-2H3. The Hall–Kier alpha value is -0.500. The molecule has 0 radical (unpaired) electrons. The molecular weight excluding hydrogens is 124 g/mol. The molecule has 0 rings (SSSR count). The van der Waals surface area contributed by atoms with Crippen molar-refractivity contribution in [3.8, 4) is 0 Å². The third-order valence-corrected chi connectivity index (χ3v) is 1.36. The summed E-state index contributed by atoms with van der Waals surface area (Å²) in [6.07, 6.45) is 7.25. The van der Waals surface area contributed by atoms with Gasteiger partial charge in [-0.1, -0.05) is 6.08 Å². The van der Waals surface area contributed by atoms with Crippen molar-refractivity contribution >= 4 is 0 Å². The molecule has 0 atom stereocenters. The molecule has 0 unspecified atom stereocenters. The summed E-state index contributed by atoms with van der Waals surface area (Å²) in [7, 11) is 4.19. The summed E-state index contributed by atoms with van der Waals surface area (Å²) in [5.41, 5.74) is 5.18. The van der Waals surface area contributed by atoms with Crippen LogP contribution < -0.4 is 5.73 Å². The second kappa shape index (κ2) is 6.62. The highest BCUT2D eigenvalue weighted by Crippen LogP contribution is 1.96. The fourth-order valence-corrected chi connectivity index (χ4v) is 0.786. The fourth-order valence-electron chi connectivity index (χ4n) is 0.786. The van der Waals surface area contributed by atoms with Crippen LogP contribution in [-0.4, -0.2) is 25.5 Å².